The Morgan fingerprint density at radius 1 is 0.484 bits per heavy atom. The van der Waals surface area contributed by atoms with E-state index in [1.54, 1.807) is 12.1 Å². The smallest absolute Gasteiger partial charge is 0.115 e. The van der Waals surface area contributed by atoms with Crippen LogP contribution in [0.25, 0.3) is 5.57 Å². The molecule has 31 heavy (non-hydrogen) atoms. The van der Waals surface area contributed by atoms with Crippen LogP contribution in [-0.2, 0) is 0 Å². The van der Waals surface area contributed by atoms with Crippen LogP contribution in [0.3, 0.4) is 0 Å². The van der Waals surface area contributed by atoms with Crippen LogP contribution >= 0.6 is 0 Å². The Kier molecular flexibility index (Phi) is 3.86. The first-order valence-electron chi connectivity index (χ1n) is 9.95. The highest BCUT2D eigenvalue weighted by Crippen LogP contribution is 2.32. The van der Waals surface area contributed by atoms with Gasteiger partial charge >= 0.3 is 0 Å². The molecule has 1 N–H and O–H groups in total. The summed E-state index contributed by atoms with van der Waals surface area (Å²) in [6.07, 6.45) is 21.8. The second-order valence-electron chi connectivity index (χ2n) is 7.49. The molecule has 8 bridgehead atoms. The number of nitrogens with zero attached hydrogens (tertiary/aromatic N) is 4. The molecule has 6 rings (SSSR count). The van der Waals surface area contributed by atoms with Crippen molar-refractivity contribution in [2.75, 3.05) is 0 Å². The highest BCUT2D eigenvalue weighted by atomic mass is 16.3. The predicted octanol–water partition coefficient (Wildman–Crippen LogP) is 4.81. The Morgan fingerprint density at radius 2 is 1.00 bits per heavy atom. The van der Waals surface area contributed by atoms with E-state index in [1.165, 1.54) is 0 Å². The van der Waals surface area contributed by atoms with E-state index >= 15 is 0 Å². The van der Waals surface area contributed by atoms with Gasteiger partial charge in [0.1, 0.15) is 5.75 Å². The zero-order valence-corrected chi connectivity index (χ0v) is 16.4. The molecular formula is C26H16N4O. The zero-order valence-electron chi connectivity index (χ0n) is 16.4. The molecule has 5 nitrogen and oxygen atoms in total. The minimum atomic E-state index is 0.234. The summed E-state index contributed by atoms with van der Waals surface area (Å²) in [6, 6.07) is 7.14. The third-order valence-corrected chi connectivity index (χ3v) is 5.22. The lowest BCUT2D eigenvalue weighted by Gasteiger charge is -2.04. The van der Waals surface area contributed by atoms with Gasteiger partial charge in [-0.15, -0.1) is 0 Å². The fraction of sp³-hybridized carbons (Fsp3) is 0. The van der Waals surface area contributed by atoms with E-state index in [4.69, 9.17) is 9.98 Å². The Labute approximate surface area is 179 Å². The van der Waals surface area contributed by atoms with Crippen LogP contribution in [0.4, 0.5) is 0 Å². The Morgan fingerprint density at radius 3 is 1.58 bits per heavy atom. The first-order valence-corrected chi connectivity index (χ1v) is 9.95. The van der Waals surface area contributed by atoms with Crippen LogP contribution < -0.4 is 0 Å². The van der Waals surface area contributed by atoms with Crippen LogP contribution in [0.1, 0.15) is 5.56 Å². The maximum Gasteiger partial charge on any atom is 0.115 e. The molecule has 0 saturated carbocycles. The summed E-state index contributed by atoms with van der Waals surface area (Å²) in [6.45, 7) is 0. The number of aromatic hydroxyl groups is 1. The van der Waals surface area contributed by atoms with Gasteiger partial charge in [0.2, 0.25) is 0 Å². The summed E-state index contributed by atoms with van der Waals surface area (Å²) in [4.78, 5) is 18.8. The van der Waals surface area contributed by atoms with Crippen LogP contribution in [-0.4, -0.2) is 28.0 Å². The molecule has 5 heteroatoms. The van der Waals surface area contributed by atoms with Crippen LogP contribution in [0, 0.1) is 0 Å². The zero-order chi connectivity index (χ0) is 20.8. The molecule has 1 aromatic carbocycles. The Balaban J connectivity index is 1.50. The lowest BCUT2D eigenvalue weighted by molar-refractivity contribution is 0.475. The van der Waals surface area contributed by atoms with Gasteiger partial charge in [0.05, 0.1) is 45.6 Å². The number of fused-ring (bicyclic) bond motifs is 4. The minimum absolute atomic E-state index is 0.234. The van der Waals surface area contributed by atoms with Gasteiger partial charge in [0, 0.05) is 5.57 Å². The molecule has 1 aromatic rings. The van der Waals surface area contributed by atoms with Gasteiger partial charge in [-0.3, -0.25) is 0 Å². The highest BCUT2D eigenvalue weighted by molar-refractivity contribution is 6.19. The summed E-state index contributed by atoms with van der Waals surface area (Å²) in [5, 5.41) is 9.67. The number of benzene rings is 1. The van der Waals surface area contributed by atoms with Crippen LogP contribution in [0.2, 0.25) is 0 Å². The molecule has 0 unspecified atom stereocenters. The molecule has 5 heterocycles. The van der Waals surface area contributed by atoms with Crippen molar-refractivity contribution in [3.63, 3.8) is 0 Å². The number of phenolic OH excluding ortho intramolecular Hbond substituents is 1. The molecule has 0 aromatic heterocycles. The van der Waals surface area contributed by atoms with Gasteiger partial charge in [-0.2, -0.15) is 0 Å². The average Bonchev–Trinajstić information content (AvgIpc) is 3.54. The number of rotatable bonds is 1. The summed E-state index contributed by atoms with van der Waals surface area (Å²) < 4.78 is 0. The van der Waals surface area contributed by atoms with Crippen molar-refractivity contribution in [1.29, 1.82) is 0 Å². The van der Waals surface area contributed by atoms with Crippen molar-refractivity contribution in [2.24, 2.45) is 20.0 Å². The van der Waals surface area contributed by atoms with Crippen molar-refractivity contribution >= 4 is 28.4 Å². The maximum atomic E-state index is 9.67. The van der Waals surface area contributed by atoms with E-state index in [0.29, 0.717) is 0 Å². The summed E-state index contributed by atoms with van der Waals surface area (Å²) in [7, 11) is 0. The summed E-state index contributed by atoms with van der Waals surface area (Å²) >= 11 is 0. The largest absolute Gasteiger partial charge is 0.508 e. The molecule has 0 fully saturated rings. The molecule has 146 valence electrons. The van der Waals surface area contributed by atoms with Gasteiger partial charge < -0.3 is 5.11 Å². The van der Waals surface area contributed by atoms with E-state index in [1.807, 2.05) is 79.0 Å². The second-order valence-corrected chi connectivity index (χ2v) is 7.49. The highest BCUT2D eigenvalue weighted by Gasteiger charge is 2.18. The van der Waals surface area contributed by atoms with E-state index in [2.05, 4.69) is 9.98 Å². The first-order chi connectivity index (χ1) is 15.2. The van der Waals surface area contributed by atoms with E-state index < -0.39 is 0 Å². The number of phenols is 1. The molecule has 0 aliphatic carbocycles. The topological polar surface area (TPSA) is 69.7 Å². The van der Waals surface area contributed by atoms with Gasteiger partial charge in [-0.25, -0.2) is 20.0 Å². The lowest BCUT2D eigenvalue weighted by atomic mass is 10.0. The van der Waals surface area contributed by atoms with Crippen molar-refractivity contribution in [1.82, 2.24) is 0 Å². The fourth-order valence-electron chi connectivity index (χ4n) is 3.77. The third-order valence-electron chi connectivity index (χ3n) is 5.22. The van der Waals surface area contributed by atoms with Crippen molar-refractivity contribution < 1.29 is 5.11 Å². The minimum Gasteiger partial charge on any atom is -0.508 e. The molecular weight excluding hydrogens is 384 g/mol. The molecule has 0 radical (unpaired) electrons. The van der Waals surface area contributed by atoms with E-state index in [9.17, 15) is 5.11 Å². The first kappa shape index (κ1) is 17.5. The Bertz CT molecular complexity index is 1400. The number of allylic oxidation sites excluding steroid dienone is 12. The SMILES string of the molecule is Oc1ccc(C2=CC3=NC2=CC2=NC(=CC4=NC(=CC5=NC(=C3)C=C5)C=C4)C=C2)cc1. The van der Waals surface area contributed by atoms with Gasteiger partial charge in [-0.05, 0) is 84.5 Å². The van der Waals surface area contributed by atoms with Crippen molar-refractivity contribution in [3.05, 3.63) is 119 Å². The quantitative estimate of drug-likeness (QED) is 0.722. The number of aliphatic imine (C=N–C) groups is 4. The lowest BCUT2D eigenvalue weighted by Crippen LogP contribution is -1.90. The van der Waals surface area contributed by atoms with Crippen LogP contribution in [0.5, 0.6) is 5.75 Å². The standard InChI is InChI=1S/C26H16N4O/c31-24-9-1-16(2-10-24)25-14-23-13-21-6-5-19(28-21)11-17-3-4-18(27-17)12-20-7-8-22(29-20)15-26(25)30-23/h1-15,31H. The summed E-state index contributed by atoms with van der Waals surface area (Å²) in [5.74, 6) is 0.234. The second kappa shape index (κ2) is 6.85. The average molecular weight is 400 g/mol. The fourth-order valence-corrected chi connectivity index (χ4v) is 3.77. The molecule has 0 atom stereocenters. The molecule has 5 aliphatic rings. The number of hydrogen-bond acceptors (Lipinski definition) is 5. The van der Waals surface area contributed by atoms with Crippen molar-refractivity contribution in [3.8, 4) is 5.75 Å². The van der Waals surface area contributed by atoms with Gasteiger partial charge in [-0.1, -0.05) is 12.1 Å². The van der Waals surface area contributed by atoms with Gasteiger partial charge in [0.15, 0.2) is 0 Å². The van der Waals surface area contributed by atoms with Crippen LogP contribution in [0.15, 0.2) is 134 Å². The third kappa shape index (κ3) is 3.42. The van der Waals surface area contributed by atoms with E-state index in [-0.39, 0.29) is 5.75 Å². The molecule has 0 spiro atoms. The number of hydrogen-bond donors (Lipinski definition) is 1. The predicted molar refractivity (Wildman–Crippen MR) is 126 cm³/mol. The molecule has 0 amide bonds. The molecule has 5 aliphatic heterocycles. The Hall–Kier alpha value is -4.38. The van der Waals surface area contributed by atoms with E-state index in [0.717, 1.165) is 56.8 Å². The summed E-state index contributed by atoms with van der Waals surface area (Å²) in [5.41, 5.74) is 8.69. The normalized spacial score (nSPS) is 20.5. The maximum absolute atomic E-state index is 9.67. The van der Waals surface area contributed by atoms with Gasteiger partial charge in [0.25, 0.3) is 0 Å². The monoisotopic (exact) mass is 400 g/mol. The van der Waals surface area contributed by atoms with Crippen molar-refractivity contribution in [2.45, 2.75) is 0 Å². The molecule has 0 saturated heterocycles.